The molecule has 1 heterocycles. The monoisotopic (exact) mass is 206 g/mol. The summed E-state index contributed by atoms with van der Waals surface area (Å²) in [6.45, 7) is 6.75. The minimum absolute atomic E-state index is 0.0609. The van der Waals surface area contributed by atoms with Crippen LogP contribution < -0.4 is 0 Å². The lowest BCUT2D eigenvalue weighted by Crippen LogP contribution is -2.29. The molecule has 0 fully saturated rings. The predicted octanol–water partition coefficient (Wildman–Crippen LogP) is 2.42. The van der Waals surface area contributed by atoms with Gasteiger partial charge in [0.25, 0.3) is 0 Å². The van der Waals surface area contributed by atoms with E-state index in [0.717, 1.165) is 11.3 Å². The first-order chi connectivity index (χ1) is 6.99. The van der Waals surface area contributed by atoms with Gasteiger partial charge in [-0.15, -0.1) is 0 Å². The van der Waals surface area contributed by atoms with E-state index < -0.39 is 0 Å². The lowest BCUT2D eigenvalue weighted by molar-refractivity contribution is 0.0302. The summed E-state index contributed by atoms with van der Waals surface area (Å²) >= 11 is 0. The van der Waals surface area contributed by atoms with Crippen molar-refractivity contribution >= 4 is 0 Å². The highest BCUT2D eigenvalue weighted by molar-refractivity contribution is 5.38. The molecular formula is C13H18O2. The Bertz CT molecular complexity index is 348. The number of rotatable bonds is 0. The fraction of sp³-hybridized carbons (Fsp3) is 0.538. The van der Waals surface area contributed by atoms with E-state index in [-0.39, 0.29) is 17.4 Å². The molecule has 0 aromatic rings. The summed E-state index contributed by atoms with van der Waals surface area (Å²) in [6, 6.07) is 0. The first kappa shape index (κ1) is 10.5. The number of aliphatic hydroxyl groups is 1. The molecule has 15 heavy (non-hydrogen) atoms. The number of hydrogen-bond donors (Lipinski definition) is 1. The van der Waals surface area contributed by atoms with Gasteiger partial charge in [-0.05, 0) is 11.6 Å². The Morgan fingerprint density at radius 3 is 2.73 bits per heavy atom. The van der Waals surface area contributed by atoms with Crippen LogP contribution in [0.4, 0.5) is 0 Å². The molecule has 2 rings (SSSR count). The molecule has 2 unspecified atom stereocenters. The summed E-state index contributed by atoms with van der Waals surface area (Å²) in [5.74, 6) is 1.07. The van der Waals surface area contributed by atoms with E-state index in [9.17, 15) is 5.11 Å². The van der Waals surface area contributed by atoms with E-state index in [0.29, 0.717) is 6.61 Å². The maximum absolute atomic E-state index is 9.72. The molecule has 0 aromatic carbocycles. The number of aliphatic hydroxyl groups excluding tert-OH is 1. The second kappa shape index (κ2) is 3.53. The summed E-state index contributed by atoms with van der Waals surface area (Å²) in [6.07, 6.45) is 8.02. The zero-order valence-corrected chi connectivity index (χ0v) is 9.53. The Kier molecular flexibility index (Phi) is 2.47. The first-order valence-corrected chi connectivity index (χ1v) is 5.43. The molecule has 0 saturated carbocycles. The van der Waals surface area contributed by atoms with Gasteiger partial charge in [0.15, 0.2) is 0 Å². The maximum Gasteiger partial charge on any atom is 0.122 e. The van der Waals surface area contributed by atoms with Gasteiger partial charge in [0, 0.05) is 11.3 Å². The van der Waals surface area contributed by atoms with Crippen LogP contribution in [0.1, 0.15) is 20.8 Å². The topological polar surface area (TPSA) is 29.5 Å². The SMILES string of the molecule is CC1C2=C(C=CC(C)(C)C=C2)OCC1O. The minimum Gasteiger partial charge on any atom is -0.491 e. The van der Waals surface area contributed by atoms with Gasteiger partial charge in [0.05, 0.1) is 6.10 Å². The number of ether oxygens (including phenoxy) is 1. The zero-order chi connectivity index (χ0) is 11.1. The molecule has 2 atom stereocenters. The van der Waals surface area contributed by atoms with Gasteiger partial charge in [-0.1, -0.05) is 39.0 Å². The van der Waals surface area contributed by atoms with Crippen LogP contribution in [-0.2, 0) is 4.74 Å². The third kappa shape index (κ3) is 2.00. The average molecular weight is 206 g/mol. The fourth-order valence-corrected chi connectivity index (χ4v) is 1.86. The van der Waals surface area contributed by atoms with Gasteiger partial charge < -0.3 is 9.84 Å². The lowest BCUT2D eigenvalue weighted by Gasteiger charge is -2.27. The Hall–Kier alpha value is -1.02. The van der Waals surface area contributed by atoms with E-state index in [1.165, 1.54) is 0 Å². The van der Waals surface area contributed by atoms with Crippen molar-refractivity contribution in [3.63, 3.8) is 0 Å². The van der Waals surface area contributed by atoms with Crippen LogP contribution in [0.15, 0.2) is 35.6 Å². The summed E-state index contributed by atoms with van der Waals surface area (Å²) < 4.78 is 5.53. The summed E-state index contributed by atoms with van der Waals surface area (Å²) in [7, 11) is 0. The second-order valence-electron chi connectivity index (χ2n) is 4.97. The van der Waals surface area contributed by atoms with Gasteiger partial charge in [-0.2, -0.15) is 0 Å². The largest absolute Gasteiger partial charge is 0.491 e. The molecule has 2 nitrogen and oxygen atoms in total. The van der Waals surface area contributed by atoms with Crippen LogP contribution in [0, 0.1) is 11.3 Å². The zero-order valence-electron chi connectivity index (χ0n) is 9.53. The highest BCUT2D eigenvalue weighted by atomic mass is 16.5. The van der Waals surface area contributed by atoms with Gasteiger partial charge in [-0.25, -0.2) is 0 Å². The third-order valence-corrected chi connectivity index (χ3v) is 3.12. The molecule has 1 aliphatic heterocycles. The van der Waals surface area contributed by atoms with Crippen LogP contribution in [0.2, 0.25) is 0 Å². The van der Waals surface area contributed by atoms with Crippen molar-refractivity contribution in [2.24, 2.45) is 11.3 Å². The molecule has 2 heteroatoms. The summed E-state index contributed by atoms with van der Waals surface area (Å²) in [5.41, 5.74) is 1.17. The van der Waals surface area contributed by atoms with E-state index in [1.54, 1.807) is 0 Å². The quantitative estimate of drug-likeness (QED) is 0.659. The van der Waals surface area contributed by atoms with Crippen molar-refractivity contribution in [1.82, 2.24) is 0 Å². The van der Waals surface area contributed by atoms with E-state index in [1.807, 2.05) is 13.0 Å². The third-order valence-electron chi connectivity index (χ3n) is 3.12. The number of allylic oxidation sites excluding steroid dienone is 4. The molecule has 82 valence electrons. The lowest BCUT2D eigenvalue weighted by atomic mass is 9.90. The van der Waals surface area contributed by atoms with E-state index in [4.69, 9.17) is 4.74 Å². The summed E-state index contributed by atoms with van der Waals surface area (Å²) in [4.78, 5) is 0. The Morgan fingerprint density at radius 1 is 1.33 bits per heavy atom. The standard InChI is InChI=1S/C13H18O2/c1-9-10-4-6-13(2,3)7-5-12(10)15-8-11(9)14/h4-7,9,11,14H,8H2,1-3H3. The Balaban J connectivity index is 2.37. The molecule has 0 bridgehead atoms. The van der Waals surface area contributed by atoms with Crippen molar-refractivity contribution in [1.29, 1.82) is 0 Å². The smallest absolute Gasteiger partial charge is 0.122 e. The van der Waals surface area contributed by atoms with Gasteiger partial charge in [0.2, 0.25) is 0 Å². The molecule has 1 N–H and O–H groups in total. The Labute approximate surface area is 90.9 Å². The van der Waals surface area contributed by atoms with Crippen LogP contribution in [-0.4, -0.2) is 17.8 Å². The van der Waals surface area contributed by atoms with Crippen LogP contribution in [0.5, 0.6) is 0 Å². The average Bonchev–Trinajstić information content (AvgIpc) is 2.32. The van der Waals surface area contributed by atoms with E-state index in [2.05, 4.69) is 32.1 Å². The molecule has 0 radical (unpaired) electrons. The van der Waals surface area contributed by atoms with Crippen molar-refractivity contribution in [3.8, 4) is 0 Å². The molecule has 0 aromatic heterocycles. The highest BCUT2D eigenvalue weighted by Gasteiger charge is 2.27. The molecular weight excluding hydrogens is 188 g/mol. The van der Waals surface area contributed by atoms with Gasteiger partial charge >= 0.3 is 0 Å². The van der Waals surface area contributed by atoms with Crippen molar-refractivity contribution < 1.29 is 9.84 Å². The van der Waals surface area contributed by atoms with E-state index >= 15 is 0 Å². The molecule has 1 aliphatic carbocycles. The molecule has 0 spiro atoms. The van der Waals surface area contributed by atoms with Crippen molar-refractivity contribution in [2.75, 3.05) is 6.61 Å². The molecule has 0 saturated heterocycles. The fourth-order valence-electron chi connectivity index (χ4n) is 1.86. The van der Waals surface area contributed by atoms with Crippen LogP contribution in [0.3, 0.4) is 0 Å². The van der Waals surface area contributed by atoms with Crippen LogP contribution in [0.25, 0.3) is 0 Å². The van der Waals surface area contributed by atoms with Crippen LogP contribution >= 0.6 is 0 Å². The summed E-state index contributed by atoms with van der Waals surface area (Å²) in [5, 5.41) is 9.72. The first-order valence-electron chi connectivity index (χ1n) is 5.43. The Morgan fingerprint density at radius 2 is 2.00 bits per heavy atom. The normalized spacial score (nSPS) is 33.3. The maximum atomic E-state index is 9.72. The number of hydrogen-bond acceptors (Lipinski definition) is 2. The molecule has 2 aliphatic rings. The second-order valence-corrected chi connectivity index (χ2v) is 4.97. The van der Waals surface area contributed by atoms with Crippen molar-refractivity contribution in [2.45, 2.75) is 26.9 Å². The minimum atomic E-state index is -0.386. The van der Waals surface area contributed by atoms with Gasteiger partial charge in [-0.3, -0.25) is 0 Å². The van der Waals surface area contributed by atoms with Crippen molar-refractivity contribution in [3.05, 3.63) is 35.6 Å². The predicted molar refractivity (Wildman–Crippen MR) is 60.2 cm³/mol. The van der Waals surface area contributed by atoms with Gasteiger partial charge in [0.1, 0.15) is 12.4 Å². The molecule has 0 amide bonds. The highest BCUT2D eigenvalue weighted by Crippen LogP contribution is 2.33.